The first-order chi connectivity index (χ1) is 11.3. The van der Waals surface area contributed by atoms with Crippen molar-refractivity contribution >= 4 is 17.6 Å². The van der Waals surface area contributed by atoms with Gasteiger partial charge in [0.15, 0.2) is 6.61 Å². The van der Waals surface area contributed by atoms with Gasteiger partial charge in [0.2, 0.25) is 5.78 Å². The van der Waals surface area contributed by atoms with E-state index in [1.807, 2.05) is 0 Å². The summed E-state index contributed by atoms with van der Waals surface area (Å²) in [6.45, 7) is 2.89. The number of carbonyl (C=O) groups excluding carboxylic acids is 2. The van der Waals surface area contributed by atoms with Crippen molar-refractivity contribution in [2.24, 2.45) is 16.5 Å². The summed E-state index contributed by atoms with van der Waals surface area (Å²) < 4.78 is 23.5. The topological polar surface area (TPSA) is 117 Å². The molecule has 0 aliphatic rings. The molecule has 0 aromatic heterocycles. The lowest BCUT2D eigenvalue weighted by Gasteiger charge is -2.10. The number of rotatable bonds is 7. The molecule has 0 aliphatic heterocycles. The van der Waals surface area contributed by atoms with E-state index in [9.17, 15) is 14.0 Å². The Morgan fingerprint density at radius 1 is 1.29 bits per heavy atom. The molecule has 7 nitrogen and oxygen atoms in total. The molecular weight excluding hydrogens is 317 g/mol. The average molecular weight is 337 g/mol. The fraction of sp³-hybridized carbons (Fsp3) is 0.312. The molecule has 1 aromatic carbocycles. The van der Waals surface area contributed by atoms with E-state index in [2.05, 4.69) is 4.99 Å². The number of benzene rings is 1. The van der Waals surface area contributed by atoms with Crippen LogP contribution in [0.2, 0.25) is 0 Å². The maximum absolute atomic E-state index is 13.8. The van der Waals surface area contributed by atoms with E-state index in [0.717, 1.165) is 6.07 Å². The van der Waals surface area contributed by atoms with E-state index in [1.165, 1.54) is 26.2 Å². The van der Waals surface area contributed by atoms with Crippen LogP contribution in [0.5, 0.6) is 5.75 Å². The van der Waals surface area contributed by atoms with Gasteiger partial charge in [-0.05, 0) is 26.0 Å². The highest BCUT2D eigenvalue weighted by molar-refractivity contribution is 6.19. The van der Waals surface area contributed by atoms with E-state index >= 15 is 0 Å². The van der Waals surface area contributed by atoms with Gasteiger partial charge in [0.05, 0.1) is 12.7 Å². The van der Waals surface area contributed by atoms with Crippen molar-refractivity contribution in [3.63, 3.8) is 0 Å². The maximum atomic E-state index is 13.8. The highest BCUT2D eigenvalue weighted by atomic mass is 19.1. The minimum atomic E-state index is -0.896. The first-order valence-electron chi connectivity index (χ1n) is 7.12. The van der Waals surface area contributed by atoms with Crippen molar-refractivity contribution in [3.05, 3.63) is 40.8 Å². The minimum Gasteiger partial charge on any atom is -0.497 e. The van der Waals surface area contributed by atoms with Crippen LogP contribution < -0.4 is 16.2 Å². The third-order valence-corrected chi connectivity index (χ3v) is 2.99. The zero-order chi connectivity index (χ0) is 18.3. The van der Waals surface area contributed by atoms with Gasteiger partial charge in [-0.15, -0.1) is 0 Å². The Morgan fingerprint density at radius 2 is 1.96 bits per heavy atom. The molecule has 4 N–H and O–H groups in total. The third kappa shape index (κ3) is 4.80. The predicted octanol–water partition coefficient (Wildman–Crippen LogP) is 1.17. The number of Topliss-reactive ketones (excluding diaryl/α,β-unsaturated/α-hetero) is 1. The number of hydrogen-bond donors (Lipinski definition) is 2. The Balaban J connectivity index is 2.85. The largest absolute Gasteiger partial charge is 0.497 e. The van der Waals surface area contributed by atoms with Crippen LogP contribution in [0.3, 0.4) is 0 Å². The second kappa shape index (κ2) is 8.66. The van der Waals surface area contributed by atoms with E-state index in [4.69, 9.17) is 20.9 Å². The average Bonchev–Trinajstić information content (AvgIpc) is 2.52. The number of aliphatic imine (C=N–C) groups is 1. The van der Waals surface area contributed by atoms with E-state index in [-0.39, 0.29) is 28.4 Å². The highest BCUT2D eigenvalue weighted by Gasteiger charge is 2.20. The molecule has 0 saturated carbocycles. The fourth-order valence-electron chi connectivity index (χ4n) is 1.85. The Labute approximate surface area is 139 Å². The molecule has 1 aromatic rings. The van der Waals surface area contributed by atoms with Gasteiger partial charge in [-0.1, -0.05) is 0 Å². The van der Waals surface area contributed by atoms with Gasteiger partial charge in [-0.3, -0.25) is 9.79 Å². The molecule has 24 heavy (non-hydrogen) atoms. The monoisotopic (exact) mass is 337 g/mol. The molecule has 0 bridgehead atoms. The van der Waals surface area contributed by atoms with Crippen molar-refractivity contribution in [3.8, 4) is 5.75 Å². The van der Waals surface area contributed by atoms with Gasteiger partial charge < -0.3 is 20.9 Å². The lowest BCUT2D eigenvalue weighted by Crippen LogP contribution is -2.28. The van der Waals surface area contributed by atoms with Crippen LogP contribution in [-0.4, -0.2) is 37.8 Å². The number of nitrogens with two attached hydrogens (primary N) is 2. The van der Waals surface area contributed by atoms with Crippen molar-refractivity contribution in [2.75, 3.05) is 20.3 Å². The molecule has 130 valence electrons. The van der Waals surface area contributed by atoms with Crippen LogP contribution >= 0.6 is 0 Å². The number of ether oxygens (including phenoxy) is 2. The first-order valence-corrected chi connectivity index (χ1v) is 7.12. The van der Waals surface area contributed by atoms with Crippen molar-refractivity contribution < 1.29 is 23.5 Å². The standard InChI is InChI=1S/C16H20FN3O4/c1-4-20-15(19)14(9(2)18)16(22)24-8-13(21)11-6-5-10(23-3)7-12(11)17/h5-7H,4,8,18H2,1-3H3,(H2,19,20)/b14-9+. The lowest BCUT2D eigenvalue weighted by molar-refractivity contribution is -0.137. The summed E-state index contributed by atoms with van der Waals surface area (Å²) >= 11 is 0. The highest BCUT2D eigenvalue weighted by Crippen LogP contribution is 2.17. The summed E-state index contributed by atoms with van der Waals surface area (Å²) in [6.07, 6.45) is 0. The molecular formula is C16H20FN3O4. The van der Waals surface area contributed by atoms with Crippen molar-refractivity contribution in [1.82, 2.24) is 0 Å². The molecule has 1 rings (SSSR count). The number of carbonyl (C=O) groups is 2. The second-order valence-electron chi connectivity index (χ2n) is 4.76. The molecule has 0 atom stereocenters. The summed E-state index contributed by atoms with van der Waals surface area (Å²) in [5, 5.41) is 0. The number of hydrogen-bond acceptors (Lipinski definition) is 6. The number of nitrogens with zero attached hydrogens (tertiary/aromatic N) is 1. The zero-order valence-corrected chi connectivity index (χ0v) is 13.8. The summed E-state index contributed by atoms with van der Waals surface area (Å²) in [5.41, 5.74) is 11.0. The molecule has 0 aliphatic carbocycles. The zero-order valence-electron chi connectivity index (χ0n) is 13.8. The Bertz CT molecular complexity index is 695. The van der Waals surface area contributed by atoms with Crippen LogP contribution in [-0.2, 0) is 9.53 Å². The van der Waals surface area contributed by atoms with Gasteiger partial charge in [0.25, 0.3) is 0 Å². The normalized spacial score (nSPS) is 12.4. The van der Waals surface area contributed by atoms with Crippen LogP contribution in [0.1, 0.15) is 24.2 Å². The summed E-state index contributed by atoms with van der Waals surface area (Å²) in [4.78, 5) is 27.9. The second-order valence-corrected chi connectivity index (χ2v) is 4.76. The molecule has 0 unspecified atom stereocenters. The molecule has 0 heterocycles. The third-order valence-electron chi connectivity index (χ3n) is 2.99. The smallest absolute Gasteiger partial charge is 0.344 e. The predicted molar refractivity (Wildman–Crippen MR) is 87.3 cm³/mol. The number of allylic oxidation sites excluding steroid dienone is 1. The van der Waals surface area contributed by atoms with Crippen molar-refractivity contribution in [2.45, 2.75) is 13.8 Å². The summed E-state index contributed by atoms with van der Waals surface area (Å²) in [6, 6.07) is 3.75. The van der Waals surface area contributed by atoms with Crippen LogP contribution in [0, 0.1) is 5.82 Å². The SMILES string of the molecule is CCN=C(N)/C(C(=O)OCC(=O)c1ccc(OC)cc1F)=C(/C)N. The molecule has 0 amide bonds. The number of halogens is 1. The van der Waals surface area contributed by atoms with Gasteiger partial charge in [0.1, 0.15) is 23.0 Å². The van der Waals surface area contributed by atoms with Gasteiger partial charge in [-0.2, -0.15) is 0 Å². The van der Waals surface area contributed by atoms with E-state index < -0.39 is 24.2 Å². The number of ketones is 1. The maximum Gasteiger partial charge on any atom is 0.344 e. The fourth-order valence-corrected chi connectivity index (χ4v) is 1.85. The summed E-state index contributed by atoms with van der Waals surface area (Å²) in [5.74, 6) is -2.18. The van der Waals surface area contributed by atoms with Crippen LogP contribution in [0.25, 0.3) is 0 Å². The summed E-state index contributed by atoms with van der Waals surface area (Å²) in [7, 11) is 1.38. The lowest BCUT2D eigenvalue weighted by atomic mass is 10.1. The van der Waals surface area contributed by atoms with Gasteiger partial charge in [-0.25, -0.2) is 9.18 Å². The number of amidine groups is 1. The quantitative estimate of drug-likeness (QED) is 0.254. The Hall–Kier alpha value is -2.90. The Kier molecular flexibility index (Phi) is 6.91. The molecule has 0 spiro atoms. The van der Waals surface area contributed by atoms with Crippen LogP contribution in [0.15, 0.2) is 34.5 Å². The van der Waals surface area contributed by atoms with Gasteiger partial charge >= 0.3 is 5.97 Å². The molecule has 0 radical (unpaired) electrons. The van der Waals surface area contributed by atoms with E-state index in [1.54, 1.807) is 6.92 Å². The molecule has 8 heteroatoms. The number of esters is 1. The Morgan fingerprint density at radius 3 is 2.46 bits per heavy atom. The molecule has 0 fully saturated rings. The van der Waals surface area contributed by atoms with E-state index in [0.29, 0.717) is 6.54 Å². The van der Waals surface area contributed by atoms with Crippen molar-refractivity contribution in [1.29, 1.82) is 0 Å². The van der Waals surface area contributed by atoms with Gasteiger partial charge in [0, 0.05) is 18.3 Å². The minimum absolute atomic E-state index is 0.0782. The number of methoxy groups -OCH3 is 1. The molecule has 0 saturated heterocycles. The first kappa shape index (κ1) is 19.1. The van der Waals surface area contributed by atoms with Crippen LogP contribution in [0.4, 0.5) is 4.39 Å².